The van der Waals surface area contributed by atoms with Crippen LogP contribution < -0.4 is 14.9 Å². The lowest BCUT2D eigenvalue weighted by molar-refractivity contribution is 0.102. The van der Waals surface area contributed by atoms with Crippen LogP contribution in [0.4, 0.5) is 5.13 Å². The van der Waals surface area contributed by atoms with E-state index in [0.717, 1.165) is 17.0 Å². The van der Waals surface area contributed by atoms with Crippen LogP contribution in [0.1, 0.15) is 54.6 Å². The molecule has 0 bridgehead atoms. The number of ether oxygens (including phenoxy) is 1. The summed E-state index contributed by atoms with van der Waals surface area (Å²) in [5, 5.41) is 8.76. The summed E-state index contributed by atoms with van der Waals surface area (Å²) in [7, 11) is 1.53. The van der Waals surface area contributed by atoms with Gasteiger partial charge in [-0.1, -0.05) is 38.5 Å². The molecular formula is C21H24BrN5O3S. The van der Waals surface area contributed by atoms with Gasteiger partial charge in [0.05, 0.1) is 18.9 Å². The van der Waals surface area contributed by atoms with Crippen molar-refractivity contribution in [2.75, 3.05) is 12.4 Å². The van der Waals surface area contributed by atoms with Crippen LogP contribution in [0.5, 0.6) is 5.75 Å². The average Bonchev–Trinajstić information content (AvgIpc) is 3.19. The topological polar surface area (TPSA) is 110 Å². The van der Waals surface area contributed by atoms with E-state index in [4.69, 9.17) is 4.74 Å². The third kappa shape index (κ3) is 6.44. The molecule has 0 atom stereocenters. The zero-order chi connectivity index (χ0) is 22.2. The molecule has 0 aromatic carbocycles. The van der Waals surface area contributed by atoms with Crippen molar-refractivity contribution in [1.82, 2.24) is 20.2 Å². The van der Waals surface area contributed by atoms with Gasteiger partial charge in [0.1, 0.15) is 10.4 Å². The largest absolute Gasteiger partial charge is 0.494 e. The standard InChI is InChI=1S/C15H12BrN5O3S.C6H12/c1-7-3-8(9-4-12(16)18-6-11(9)24-2)10(5-17-7)13(22)19-14-20-21-15(23)25-14;1-2-4-6-5-3-1/h3-6H,1-2H3,(H,21,23)(H,19,20,22);1-6H2. The number of halogens is 1. The number of aromatic nitrogens is 4. The Bertz CT molecular complexity index is 1080. The van der Waals surface area contributed by atoms with E-state index < -0.39 is 5.91 Å². The number of methoxy groups -OCH3 is 1. The quantitative estimate of drug-likeness (QED) is 0.484. The van der Waals surface area contributed by atoms with E-state index in [1.807, 2.05) is 6.92 Å². The van der Waals surface area contributed by atoms with Gasteiger partial charge in [-0.2, -0.15) is 0 Å². The maximum Gasteiger partial charge on any atom is 0.324 e. The van der Waals surface area contributed by atoms with Crippen LogP contribution in [0.15, 0.2) is 33.9 Å². The number of nitrogens with one attached hydrogen (secondary N) is 2. The molecule has 2 N–H and O–H groups in total. The molecule has 0 saturated heterocycles. The summed E-state index contributed by atoms with van der Waals surface area (Å²) in [4.78, 5) is 31.8. The average molecular weight is 506 g/mol. The van der Waals surface area contributed by atoms with Crippen molar-refractivity contribution in [3.8, 4) is 16.9 Å². The fourth-order valence-electron chi connectivity index (χ4n) is 3.26. The van der Waals surface area contributed by atoms with Crippen LogP contribution >= 0.6 is 27.3 Å². The number of H-pyrrole nitrogens is 1. The van der Waals surface area contributed by atoms with Crippen molar-refractivity contribution in [3.63, 3.8) is 0 Å². The van der Waals surface area contributed by atoms with E-state index in [2.05, 4.69) is 41.4 Å². The molecule has 3 aromatic heterocycles. The Labute approximate surface area is 192 Å². The van der Waals surface area contributed by atoms with Crippen LogP contribution in [0.2, 0.25) is 0 Å². The molecule has 31 heavy (non-hydrogen) atoms. The van der Waals surface area contributed by atoms with Crippen molar-refractivity contribution in [3.05, 3.63) is 50.1 Å². The van der Waals surface area contributed by atoms with Crippen LogP contribution in [-0.4, -0.2) is 33.2 Å². The SMILES string of the molecule is C1CCCCC1.COc1cnc(Br)cc1-c1cc(C)ncc1C(=O)Nc1n[nH]c(=O)s1. The highest BCUT2D eigenvalue weighted by Gasteiger charge is 2.19. The Morgan fingerprint density at radius 1 is 1.10 bits per heavy atom. The predicted octanol–water partition coefficient (Wildman–Crippen LogP) is 4.96. The van der Waals surface area contributed by atoms with Gasteiger partial charge in [-0.25, -0.2) is 10.1 Å². The van der Waals surface area contributed by atoms with Crippen LogP contribution in [-0.2, 0) is 0 Å². The highest BCUT2D eigenvalue weighted by atomic mass is 79.9. The minimum absolute atomic E-state index is 0.185. The molecule has 1 aliphatic carbocycles. The van der Waals surface area contributed by atoms with E-state index in [9.17, 15) is 9.59 Å². The Morgan fingerprint density at radius 2 is 1.77 bits per heavy atom. The third-order valence-electron chi connectivity index (χ3n) is 4.79. The fourth-order valence-corrected chi connectivity index (χ4v) is 4.10. The first-order chi connectivity index (χ1) is 15.0. The number of pyridine rings is 2. The van der Waals surface area contributed by atoms with Crippen molar-refractivity contribution < 1.29 is 9.53 Å². The summed E-state index contributed by atoms with van der Waals surface area (Å²) in [6, 6.07) is 3.55. The zero-order valence-corrected chi connectivity index (χ0v) is 19.8. The molecule has 0 spiro atoms. The summed E-state index contributed by atoms with van der Waals surface area (Å²) < 4.78 is 5.97. The van der Waals surface area contributed by atoms with E-state index in [1.54, 1.807) is 18.3 Å². The minimum Gasteiger partial charge on any atom is -0.494 e. The maximum absolute atomic E-state index is 12.6. The number of aryl methyl sites for hydroxylation is 1. The first kappa shape index (κ1) is 23.1. The summed E-state index contributed by atoms with van der Waals surface area (Å²) in [6.07, 6.45) is 12.0. The van der Waals surface area contributed by atoms with Gasteiger partial charge >= 0.3 is 4.87 Å². The lowest BCUT2D eigenvalue weighted by Gasteiger charge is -2.13. The van der Waals surface area contributed by atoms with Gasteiger partial charge in [-0.3, -0.25) is 19.9 Å². The molecule has 1 saturated carbocycles. The summed E-state index contributed by atoms with van der Waals surface area (Å²) in [6.45, 7) is 1.83. The molecule has 0 aliphatic heterocycles. The van der Waals surface area contributed by atoms with Gasteiger partial charge < -0.3 is 4.74 Å². The highest BCUT2D eigenvalue weighted by molar-refractivity contribution is 9.10. The van der Waals surface area contributed by atoms with Gasteiger partial charge in [0, 0.05) is 23.0 Å². The first-order valence-corrected chi connectivity index (χ1v) is 11.6. The Kier molecular flexibility index (Phi) is 8.30. The summed E-state index contributed by atoms with van der Waals surface area (Å²) in [5.74, 6) is 0.0903. The van der Waals surface area contributed by atoms with Crippen molar-refractivity contribution in [2.24, 2.45) is 0 Å². The van der Waals surface area contributed by atoms with Gasteiger partial charge in [-0.15, -0.1) is 5.10 Å². The summed E-state index contributed by atoms with van der Waals surface area (Å²) >= 11 is 4.14. The number of anilines is 1. The normalized spacial score (nSPS) is 13.1. The van der Waals surface area contributed by atoms with Crippen molar-refractivity contribution in [2.45, 2.75) is 45.4 Å². The van der Waals surface area contributed by atoms with Gasteiger partial charge in [-0.05, 0) is 46.3 Å². The monoisotopic (exact) mass is 505 g/mol. The number of carbonyl (C=O) groups excluding carboxylic acids is 1. The fraction of sp³-hybridized carbons (Fsp3) is 0.381. The van der Waals surface area contributed by atoms with Crippen LogP contribution in [0, 0.1) is 6.92 Å². The Morgan fingerprint density at radius 3 is 2.35 bits per heavy atom. The number of amides is 1. The van der Waals surface area contributed by atoms with Gasteiger partial charge in [0.15, 0.2) is 0 Å². The zero-order valence-electron chi connectivity index (χ0n) is 17.4. The summed E-state index contributed by atoms with van der Waals surface area (Å²) in [5.41, 5.74) is 2.39. The number of carbonyl (C=O) groups is 1. The second-order valence-corrected chi connectivity index (χ2v) is 8.85. The number of aromatic amines is 1. The second kappa shape index (κ2) is 11.1. The molecule has 4 rings (SSSR count). The molecule has 0 radical (unpaired) electrons. The van der Waals surface area contributed by atoms with E-state index >= 15 is 0 Å². The highest BCUT2D eigenvalue weighted by Crippen LogP contribution is 2.34. The number of hydrogen-bond donors (Lipinski definition) is 2. The van der Waals surface area contributed by atoms with Gasteiger partial charge in [0.2, 0.25) is 5.13 Å². The molecule has 1 aliphatic rings. The number of rotatable bonds is 4. The number of nitrogens with zero attached hydrogens (tertiary/aromatic N) is 3. The van der Waals surface area contributed by atoms with Crippen molar-refractivity contribution in [1.29, 1.82) is 0 Å². The van der Waals surface area contributed by atoms with Crippen molar-refractivity contribution >= 4 is 38.3 Å². The molecule has 3 aromatic rings. The molecule has 0 unspecified atom stereocenters. The molecule has 8 nitrogen and oxygen atoms in total. The van der Waals surface area contributed by atoms with E-state index in [0.29, 0.717) is 27.0 Å². The number of hydrogen-bond acceptors (Lipinski definition) is 7. The van der Waals surface area contributed by atoms with Crippen LogP contribution in [0.25, 0.3) is 11.1 Å². The molecule has 1 fully saturated rings. The first-order valence-electron chi connectivity index (χ1n) is 10.0. The molecule has 164 valence electrons. The second-order valence-electron chi connectivity index (χ2n) is 7.07. The van der Waals surface area contributed by atoms with E-state index in [1.165, 1.54) is 51.8 Å². The Hall–Kier alpha value is -2.59. The van der Waals surface area contributed by atoms with Gasteiger partial charge in [0.25, 0.3) is 5.91 Å². The third-order valence-corrected chi connectivity index (χ3v) is 5.89. The lowest BCUT2D eigenvalue weighted by atomic mass is 10.0. The molecule has 3 heterocycles. The Balaban J connectivity index is 0.000000391. The van der Waals surface area contributed by atoms with Crippen LogP contribution in [0.3, 0.4) is 0 Å². The maximum atomic E-state index is 12.6. The molecular weight excluding hydrogens is 482 g/mol. The molecule has 10 heteroatoms. The smallest absolute Gasteiger partial charge is 0.324 e. The predicted molar refractivity (Wildman–Crippen MR) is 125 cm³/mol. The minimum atomic E-state index is -0.430. The molecule has 1 amide bonds. The van der Waals surface area contributed by atoms with E-state index in [-0.39, 0.29) is 10.0 Å². The lowest BCUT2D eigenvalue weighted by Crippen LogP contribution is -2.14.